The molecule has 0 aliphatic carbocycles. The summed E-state index contributed by atoms with van der Waals surface area (Å²) in [4.78, 5) is 27.5. The number of fused-ring (bicyclic) bond motifs is 1. The Balaban J connectivity index is 0.00000306. The van der Waals surface area contributed by atoms with Crippen molar-refractivity contribution in [1.29, 1.82) is 0 Å². The second kappa shape index (κ2) is 10.2. The molecule has 3 aromatic carbocycles. The molecule has 170 valence electrons. The van der Waals surface area contributed by atoms with Gasteiger partial charge in [-0.25, -0.2) is 14.2 Å². The predicted molar refractivity (Wildman–Crippen MR) is 127 cm³/mol. The normalized spacial score (nSPS) is 11.5. The Morgan fingerprint density at radius 3 is 2.24 bits per heavy atom. The molecule has 0 saturated heterocycles. The summed E-state index contributed by atoms with van der Waals surface area (Å²) < 4.78 is 14.1. The summed E-state index contributed by atoms with van der Waals surface area (Å²) in [6.45, 7) is -0.687. The molecule has 0 aliphatic heterocycles. The average molecular weight is 468 g/mol. The van der Waals surface area contributed by atoms with E-state index >= 15 is 0 Å². The number of benzene rings is 3. The molecule has 4 rings (SSSR count). The third-order valence-corrected chi connectivity index (χ3v) is 5.69. The maximum atomic E-state index is 13.4. The van der Waals surface area contributed by atoms with E-state index in [9.17, 15) is 14.0 Å². The van der Waals surface area contributed by atoms with Crippen LogP contribution in [0.15, 0.2) is 66.7 Å². The van der Waals surface area contributed by atoms with Crippen molar-refractivity contribution >= 4 is 44.2 Å². The lowest BCUT2D eigenvalue weighted by atomic mass is 10.0. The van der Waals surface area contributed by atoms with Crippen LogP contribution >= 0.6 is 11.3 Å². The monoisotopic (exact) mass is 467 g/mol. The number of halogens is 1. The van der Waals surface area contributed by atoms with E-state index < -0.39 is 24.5 Å². The van der Waals surface area contributed by atoms with Gasteiger partial charge in [0.15, 0.2) is 11.2 Å². The number of anilines is 2. The SMILES string of the molecule is C.O=C(N[C@@H](CO)C(=O)O)c1ccc(-c2ccc(Nc3nc4ccc(F)cc4s3)cc2)cc1. The highest BCUT2D eigenvalue weighted by Crippen LogP contribution is 2.30. The van der Waals surface area contributed by atoms with Crippen LogP contribution in [0.5, 0.6) is 0 Å². The van der Waals surface area contributed by atoms with Crippen LogP contribution in [0.4, 0.5) is 15.2 Å². The molecule has 4 N–H and O–H groups in total. The first-order chi connectivity index (χ1) is 15.4. The van der Waals surface area contributed by atoms with E-state index in [1.165, 1.54) is 23.5 Å². The number of thiazole rings is 1. The lowest BCUT2D eigenvalue weighted by molar-refractivity contribution is -0.140. The zero-order valence-corrected chi connectivity index (χ0v) is 17.4. The van der Waals surface area contributed by atoms with Gasteiger partial charge in [0.05, 0.1) is 16.8 Å². The molecule has 0 saturated carbocycles. The van der Waals surface area contributed by atoms with Crippen molar-refractivity contribution in [1.82, 2.24) is 10.3 Å². The Hall–Kier alpha value is -3.82. The largest absolute Gasteiger partial charge is 0.480 e. The Morgan fingerprint density at radius 2 is 1.64 bits per heavy atom. The number of amides is 1. The number of aliphatic hydroxyl groups excluding tert-OH is 1. The van der Waals surface area contributed by atoms with Crippen LogP contribution in [0.3, 0.4) is 0 Å². The van der Waals surface area contributed by atoms with E-state index in [4.69, 9.17) is 10.2 Å². The summed E-state index contributed by atoms with van der Waals surface area (Å²) in [5.41, 5.74) is 3.65. The second-order valence-electron chi connectivity index (χ2n) is 6.96. The molecule has 0 aliphatic rings. The summed E-state index contributed by atoms with van der Waals surface area (Å²) in [6, 6.07) is 17.4. The molecule has 7 nitrogen and oxygen atoms in total. The van der Waals surface area contributed by atoms with Gasteiger partial charge in [0, 0.05) is 11.3 Å². The van der Waals surface area contributed by atoms with Crippen LogP contribution in [0.1, 0.15) is 17.8 Å². The van der Waals surface area contributed by atoms with Crippen LogP contribution < -0.4 is 10.6 Å². The number of rotatable bonds is 7. The van der Waals surface area contributed by atoms with Gasteiger partial charge < -0.3 is 20.8 Å². The fraction of sp³-hybridized carbons (Fsp3) is 0.125. The van der Waals surface area contributed by atoms with Crippen molar-refractivity contribution in [2.45, 2.75) is 13.5 Å². The molecule has 0 radical (unpaired) electrons. The van der Waals surface area contributed by atoms with Gasteiger partial charge in [0.1, 0.15) is 5.82 Å². The van der Waals surface area contributed by atoms with Gasteiger partial charge in [-0.3, -0.25) is 4.79 Å². The first-order valence-corrected chi connectivity index (χ1v) is 10.4. The first-order valence-electron chi connectivity index (χ1n) is 9.61. The van der Waals surface area contributed by atoms with Gasteiger partial charge in [-0.05, 0) is 53.6 Å². The summed E-state index contributed by atoms with van der Waals surface area (Å²) >= 11 is 1.37. The number of nitrogens with zero attached hydrogens (tertiary/aromatic N) is 1. The Bertz CT molecular complexity index is 1270. The number of hydrogen-bond acceptors (Lipinski definition) is 6. The summed E-state index contributed by atoms with van der Waals surface area (Å²) in [7, 11) is 0. The van der Waals surface area contributed by atoms with Crippen LogP contribution in [0.2, 0.25) is 0 Å². The van der Waals surface area contributed by atoms with Crippen molar-refractivity contribution in [3.05, 3.63) is 78.1 Å². The third-order valence-electron chi connectivity index (χ3n) is 4.75. The highest BCUT2D eigenvalue weighted by Gasteiger charge is 2.19. The smallest absolute Gasteiger partial charge is 0.328 e. The van der Waals surface area contributed by atoms with Crippen LogP contribution in [-0.2, 0) is 4.79 Å². The summed E-state index contributed by atoms with van der Waals surface area (Å²) in [5, 5.41) is 24.1. The number of carbonyl (C=O) groups is 2. The molecule has 1 atom stereocenters. The molecule has 0 fully saturated rings. The molecule has 0 spiro atoms. The van der Waals surface area contributed by atoms with E-state index in [-0.39, 0.29) is 13.2 Å². The number of aliphatic carboxylic acids is 1. The van der Waals surface area contributed by atoms with Gasteiger partial charge in [-0.1, -0.05) is 43.0 Å². The van der Waals surface area contributed by atoms with Crippen LogP contribution in [-0.4, -0.2) is 39.7 Å². The van der Waals surface area contributed by atoms with Gasteiger partial charge >= 0.3 is 5.97 Å². The lowest BCUT2D eigenvalue weighted by Gasteiger charge is -2.12. The Labute approximate surface area is 193 Å². The maximum absolute atomic E-state index is 13.4. The molecule has 1 aromatic heterocycles. The highest BCUT2D eigenvalue weighted by molar-refractivity contribution is 7.22. The minimum atomic E-state index is -1.35. The average Bonchev–Trinajstić information content (AvgIpc) is 3.19. The molecule has 9 heteroatoms. The second-order valence-corrected chi connectivity index (χ2v) is 7.99. The molecule has 0 bridgehead atoms. The number of carboxylic acids is 1. The lowest BCUT2D eigenvalue weighted by Crippen LogP contribution is -2.43. The first kappa shape index (κ1) is 23.8. The fourth-order valence-electron chi connectivity index (χ4n) is 3.06. The number of nitrogens with one attached hydrogen (secondary N) is 2. The van der Waals surface area contributed by atoms with Crippen molar-refractivity contribution < 1.29 is 24.2 Å². The molecule has 1 heterocycles. The molecule has 4 aromatic rings. The molecule has 0 unspecified atom stereocenters. The molecular weight excluding hydrogens is 445 g/mol. The standard InChI is InChI=1S/C23H18FN3O4S.CH4/c24-16-7-10-18-20(11-16)32-23(27-18)25-17-8-5-14(6-9-17)13-1-3-15(4-2-13)21(29)26-19(12-28)22(30)31;/h1-11,19,28H,12H2,(H,25,27)(H,26,29)(H,30,31);1H4/t19-;/m0./s1. The van der Waals surface area contributed by atoms with Crippen LogP contribution in [0.25, 0.3) is 21.3 Å². The molecule has 33 heavy (non-hydrogen) atoms. The van der Waals surface area contributed by atoms with Crippen molar-refractivity contribution in [2.24, 2.45) is 0 Å². The van der Waals surface area contributed by atoms with Crippen molar-refractivity contribution in [3.63, 3.8) is 0 Å². The summed E-state index contributed by atoms with van der Waals surface area (Å²) in [5.74, 6) is -2.17. The van der Waals surface area contributed by atoms with Crippen molar-refractivity contribution in [2.75, 3.05) is 11.9 Å². The Kier molecular flexibility index (Phi) is 7.37. The van der Waals surface area contributed by atoms with E-state index in [1.54, 1.807) is 30.3 Å². The van der Waals surface area contributed by atoms with Gasteiger partial charge in [-0.15, -0.1) is 0 Å². The zero-order chi connectivity index (χ0) is 22.7. The van der Waals surface area contributed by atoms with E-state index in [2.05, 4.69) is 15.6 Å². The van der Waals surface area contributed by atoms with Gasteiger partial charge in [-0.2, -0.15) is 0 Å². The molecule has 1 amide bonds. The number of carbonyl (C=O) groups excluding carboxylic acids is 1. The number of carboxylic acid groups (broad SMARTS) is 1. The topological polar surface area (TPSA) is 112 Å². The molecular formula is C24H22FN3O4S. The third kappa shape index (κ3) is 5.51. The zero-order valence-electron chi connectivity index (χ0n) is 16.6. The van der Waals surface area contributed by atoms with Gasteiger partial charge in [0.2, 0.25) is 0 Å². The minimum Gasteiger partial charge on any atom is -0.480 e. The quantitative estimate of drug-likeness (QED) is 0.315. The summed E-state index contributed by atoms with van der Waals surface area (Å²) in [6.07, 6.45) is 0. The van der Waals surface area contributed by atoms with Gasteiger partial charge in [0.25, 0.3) is 5.91 Å². The van der Waals surface area contributed by atoms with E-state index in [1.807, 2.05) is 24.3 Å². The maximum Gasteiger partial charge on any atom is 0.328 e. The minimum absolute atomic E-state index is 0. The number of aromatic nitrogens is 1. The van der Waals surface area contributed by atoms with E-state index in [0.29, 0.717) is 10.7 Å². The highest BCUT2D eigenvalue weighted by atomic mass is 32.1. The van der Waals surface area contributed by atoms with Crippen molar-refractivity contribution in [3.8, 4) is 11.1 Å². The number of aliphatic hydroxyl groups is 1. The predicted octanol–water partition coefficient (Wildman–Crippen LogP) is 4.66. The Morgan fingerprint density at radius 1 is 1.00 bits per heavy atom. The van der Waals surface area contributed by atoms with E-state index in [0.717, 1.165) is 27.0 Å². The van der Waals surface area contributed by atoms with Crippen LogP contribution in [0, 0.1) is 5.82 Å². The number of hydrogen-bond donors (Lipinski definition) is 4. The fourth-order valence-corrected chi connectivity index (χ4v) is 3.97.